The molecule has 0 bridgehead atoms. The molecule has 1 aliphatic rings. The van der Waals surface area contributed by atoms with Crippen LogP contribution in [-0.2, 0) is 4.79 Å². The number of nitrogens with one attached hydrogen (secondary N) is 1. The lowest BCUT2D eigenvalue weighted by Gasteiger charge is -2.29. The molecule has 1 aromatic rings. The fraction of sp³-hybridized carbons (Fsp3) is 0.500. The molecule has 0 spiro atoms. The predicted molar refractivity (Wildman–Crippen MR) is 84.2 cm³/mol. The molecule has 0 aliphatic heterocycles. The zero-order chi connectivity index (χ0) is 15.5. The molecule has 1 saturated carbocycles. The first-order chi connectivity index (χ1) is 9.94. The van der Waals surface area contributed by atoms with E-state index in [0.717, 1.165) is 12.8 Å². The second-order valence-corrected chi connectivity index (χ2v) is 5.48. The van der Waals surface area contributed by atoms with Crippen LogP contribution < -0.4 is 15.8 Å². The summed E-state index contributed by atoms with van der Waals surface area (Å²) in [4.78, 5) is 21.9. The third-order valence-electron chi connectivity index (χ3n) is 3.74. The van der Waals surface area contributed by atoms with Crippen molar-refractivity contribution in [3.05, 3.63) is 34.4 Å². The molecule has 7 nitrogen and oxygen atoms in total. The van der Waals surface area contributed by atoms with Crippen molar-refractivity contribution >= 4 is 24.0 Å². The Balaban J connectivity index is 0.00000242. The Morgan fingerprint density at radius 1 is 1.45 bits per heavy atom. The Bertz CT molecular complexity index is 533. The molecule has 8 heteroatoms. The van der Waals surface area contributed by atoms with Crippen LogP contribution in [0, 0.1) is 16.0 Å². The molecule has 1 unspecified atom stereocenters. The minimum atomic E-state index is -0.487. The van der Waals surface area contributed by atoms with Gasteiger partial charge in [0.25, 0.3) is 11.6 Å². The van der Waals surface area contributed by atoms with Crippen LogP contribution in [-0.4, -0.2) is 29.5 Å². The molecule has 22 heavy (non-hydrogen) atoms. The smallest absolute Gasteiger partial charge is 0.269 e. The van der Waals surface area contributed by atoms with Crippen LogP contribution in [0.2, 0.25) is 0 Å². The van der Waals surface area contributed by atoms with Gasteiger partial charge in [0.1, 0.15) is 5.75 Å². The monoisotopic (exact) mass is 329 g/mol. The van der Waals surface area contributed by atoms with Gasteiger partial charge < -0.3 is 15.8 Å². The van der Waals surface area contributed by atoms with E-state index < -0.39 is 4.92 Å². The number of carbonyl (C=O) groups is 1. The Labute approximate surface area is 134 Å². The maximum Gasteiger partial charge on any atom is 0.269 e. The minimum Gasteiger partial charge on any atom is -0.484 e. The van der Waals surface area contributed by atoms with Gasteiger partial charge in [-0.05, 0) is 37.8 Å². The molecule has 0 saturated heterocycles. The van der Waals surface area contributed by atoms with Crippen LogP contribution in [0.5, 0.6) is 5.75 Å². The Morgan fingerprint density at radius 2 is 2.05 bits per heavy atom. The highest BCUT2D eigenvalue weighted by atomic mass is 35.5. The van der Waals surface area contributed by atoms with Crippen LogP contribution in [0.1, 0.15) is 19.8 Å². The third kappa shape index (κ3) is 4.57. The first kappa shape index (κ1) is 18.2. The van der Waals surface area contributed by atoms with Crippen LogP contribution in [0.3, 0.4) is 0 Å². The Hall–Kier alpha value is -1.86. The molecule has 1 aliphatic carbocycles. The van der Waals surface area contributed by atoms with E-state index in [2.05, 4.69) is 5.32 Å². The van der Waals surface area contributed by atoms with E-state index in [1.807, 2.05) is 6.92 Å². The van der Waals surface area contributed by atoms with Crippen molar-refractivity contribution in [1.82, 2.24) is 5.32 Å². The number of nitrogens with zero attached hydrogens (tertiary/aromatic N) is 1. The van der Waals surface area contributed by atoms with E-state index in [-0.39, 0.29) is 36.1 Å². The number of non-ortho nitro benzene ring substituents is 1. The van der Waals surface area contributed by atoms with Crippen molar-refractivity contribution in [2.45, 2.75) is 25.3 Å². The van der Waals surface area contributed by atoms with E-state index in [1.54, 1.807) is 0 Å². The second-order valence-electron chi connectivity index (χ2n) is 5.48. The average Bonchev–Trinajstić information content (AvgIpc) is 3.30. The topological polar surface area (TPSA) is 107 Å². The van der Waals surface area contributed by atoms with Crippen molar-refractivity contribution in [3.63, 3.8) is 0 Å². The first-order valence-corrected chi connectivity index (χ1v) is 6.83. The number of hydrogen-bond donors (Lipinski definition) is 2. The number of rotatable bonds is 7. The molecule has 1 fully saturated rings. The van der Waals surface area contributed by atoms with Gasteiger partial charge in [-0.1, -0.05) is 0 Å². The maximum absolute atomic E-state index is 11.9. The van der Waals surface area contributed by atoms with Gasteiger partial charge in [-0.25, -0.2) is 0 Å². The lowest BCUT2D eigenvalue weighted by Crippen LogP contribution is -2.54. The van der Waals surface area contributed by atoms with Crippen LogP contribution >= 0.6 is 12.4 Å². The Morgan fingerprint density at radius 3 is 2.50 bits per heavy atom. The van der Waals surface area contributed by atoms with Gasteiger partial charge in [-0.3, -0.25) is 14.9 Å². The normalized spacial score (nSPS) is 16.1. The summed E-state index contributed by atoms with van der Waals surface area (Å²) in [6.45, 7) is 2.19. The van der Waals surface area contributed by atoms with Crippen LogP contribution in [0.25, 0.3) is 0 Å². The quantitative estimate of drug-likeness (QED) is 0.584. The summed E-state index contributed by atoms with van der Waals surface area (Å²) in [6, 6.07) is 5.60. The summed E-state index contributed by atoms with van der Waals surface area (Å²) in [5.41, 5.74) is 5.33. The predicted octanol–water partition coefficient (Wildman–Crippen LogP) is 1.64. The molecule has 1 amide bonds. The summed E-state index contributed by atoms with van der Waals surface area (Å²) >= 11 is 0. The minimum absolute atomic E-state index is 0. The molecule has 122 valence electrons. The molecule has 0 radical (unpaired) electrons. The molecule has 0 aromatic heterocycles. The first-order valence-electron chi connectivity index (χ1n) is 6.83. The SMILES string of the molecule is CC(CN)(NC(=O)COc1ccc([N+](=O)[O-])cc1)C1CC1.Cl. The third-order valence-corrected chi connectivity index (χ3v) is 3.74. The summed E-state index contributed by atoms with van der Waals surface area (Å²) in [7, 11) is 0. The van der Waals surface area contributed by atoms with Crippen molar-refractivity contribution < 1.29 is 14.5 Å². The average molecular weight is 330 g/mol. The molecule has 0 heterocycles. The van der Waals surface area contributed by atoms with E-state index in [1.165, 1.54) is 24.3 Å². The summed E-state index contributed by atoms with van der Waals surface area (Å²) < 4.78 is 5.32. The van der Waals surface area contributed by atoms with Crippen molar-refractivity contribution in [3.8, 4) is 5.75 Å². The maximum atomic E-state index is 11.9. The number of halogens is 1. The number of nitro groups is 1. The highest BCUT2D eigenvalue weighted by Gasteiger charge is 2.41. The number of ether oxygens (including phenoxy) is 1. The largest absolute Gasteiger partial charge is 0.484 e. The van der Waals surface area contributed by atoms with Gasteiger partial charge in [0.2, 0.25) is 0 Å². The van der Waals surface area contributed by atoms with E-state index in [4.69, 9.17) is 10.5 Å². The number of nitrogens with two attached hydrogens (primary N) is 1. The molecule has 1 aromatic carbocycles. The van der Waals surface area contributed by atoms with Gasteiger partial charge in [0.05, 0.1) is 10.5 Å². The van der Waals surface area contributed by atoms with E-state index in [9.17, 15) is 14.9 Å². The Kier molecular flexibility index (Phi) is 6.13. The number of carbonyl (C=O) groups excluding carboxylic acids is 1. The fourth-order valence-corrected chi connectivity index (χ4v) is 2.21. The molecular formula is C14H20ClN3O4. The fourth-order valence-electron chi connectivity index (χ4n) is 2.21. The number of amides is 1. The zero-order valence-electron chi connectivity index (χ0n) is 12.3. The van der Waals surface area contributed by atoms with Crippen LogP contribution in [0.15, 0.2) is 24.3 Å². The van der Waals surface area contributed by atoms with Gasteiger partial charge in [-0.2, -0.15) is 0 Å². The van der Waals surface area contributed by atoms with Gasteiger partial charge in [-0.15, -0.1) is 12.4 Å². The standard InChI is InChI=1S/C14H19N3O4.ClH/c1-14(9-15,10-2-3-10)16-13(18)8-21-12-6-4-11(5-7-12)17(19)20;/h4-7,10H,2-3,8-9,15H2,1H3,(H,16,18);1H. The van der Waals surface area contributed by atoms with Gasteiger partial charge in [0, 0.05) is 18.7 Å². The molecular weight excluding hydrogens is 310 g/mol. The lowest BCUT2D eigenvalue weighted by molar-refractivity contribution is -0.384. The molecule has 3 N–H and O–H groups in total. The summed E-state index contributed by atoms with van der Waals surface area (Å²) in [5, 5.41) is 13.4. The zero-order valence-corrected chi connectivity index (χ0v) is 13.1. The highest BCUT2D eigenvalue weighted by Crippen LogP contribution is 2.38. The highest BCUT2D eigenvalue weighted by molar-refractivity contribution is 5.85. The summed E-state index contributed by atoms with van der Waals surface area (Å²) in [5.74, 6) is 0.607. The van der Waals surface area contributed by atoms with E-state index in [0.29, 0.717) is 18.2 Å². The van der Waals surface area contributed by atoms with Crippen molar-refractivity contribution in [1.29, 1.82) is 0 Å². The van der Waals surface area contributed by atoms with Crippen molar-refractivity contribution in [2.24, 2.45) is 11.7 Å². The van der Waals surface area contributed by atoms with Crippen LogP contribution in [0.4, 0.5) is 5.69 Å². The van der Waals surface area contributed by atoms with E-state index >= 15 is 0 Å². The molecule has 2 rings (SSSR count). The van der Waals surface area contributed by atoms with Gasteiger partial charge >= 0.3 is 0 Å². The van der Waals surface area contributed by atoms with Crippen molar-refractivity contribution in [2.75, 3.05) is 13.2 Å². The second kappa shape index (κ2) is 7.42. The molecule has 1 atom stereocenters. The number of nitro benzene ring substituents is 1. The van der Waals surface area contributed by atoms with Gasteiger partial charge in [0.15, 0.2) is 6.61 Å². The summed E-state index contributed by atoms with van der Waals surface area (Å²) in [6.07, 6.45) is 2.16. The number of benzene rings is 1. The lowest BCUT2D eigenvalue weighted by atomic mass is 9.96. The number of hydrogen-bond acceptors (Lipinski definition) is 5.